The van der Waals surface area contributed by atoms with Gasteiger partial charge in [-0.1, -0.05) is 53.0 Å². The van der Waals surface area contributed by atoms with Crippen LogP contribution in [0.4, 0.5) is 0 Å². The summed E-state index contributed by atoms with van der Waals surface area (Å²) in [6.45, 7) is 3.07. The average molecular weight is 467 g/mol. The SMILES string of the molecule is COc1ccc2[nH]cc(CCN(Cc3ccc(C)cc3)C(=O)c3ccc(Cl)cc3Cl)c2c1. The Labute approximate surface area is 197 Å². The molecular weight excluding hydrogens is 443 g/mol. The lowest BCUT2D eigenvalue weighted by Gasteiger charge is -2.24. The van der Waals surface area contributed by atoms with E-state index in [1.165, 1.54) is 5.56 Å². The van der Waals surface area contributed by atoms with Crippen molar-refractivity contribution in [2.45, 2.75) is 19.9 Å². The van der Waals surface area contributed by atoms with E-state index in [0.717, 1.165) is 27.8 Å². The molecule has 0 bridgehead atoms. The number of nitrogens with zero attached hydrogens (tertiary/aromatic N) is 1. The van der Waals surface area contributed by atoms with E-state index in [1.807, 2.05) is 36.2 Å². The summed E-state index contributed by atoms with van der Waals surface area (Å²) in [5, 5.41) is 1.95. The Kier molecular flexibility index (Phi) is 6.73. The second-order valence-electron chi connectivity index (χ2n) is 7.81. The first-order valence-electron chi connectivity index (χ1n) is 10.4. The van der Waals surface area contributed by atoms with Crippen molar-refractivity contribution in [3.05, 3.63) is 99.2 Å². The number of nitrogens with one attached hydrogen (secondary N) is 1. The van der Waals surface area contributed by atoms with Gasteiger partial charge in [-0.2, -0.15) is 0 Å². The molecule has 0 saturated heterocycles. The quantitative estimate of drug-likeness (QED) is 0.330. The molecule has 0 aliphatic carbocycles. The molecule has 4 aromatic rings. The molecule has 0 atom stereocenters. The fraction of sp³-hybridized carbons (Fsp3) is 0.192. The average Bonchev–Trinajstić information content (AvgIpc) is 3.19. The van der Waals surface area contributed by atoms with Crippen LogP contribution in [0.5, 0.6) is 5.75 Å². The van der Waals surface area contributed by atoms with Gasteiger partial charge in [0.05, 0.1) is 17.7 Å². The highest BCUT2D eigenvalue weighted by Gasteiger charge is 2.20. The number of aromatic nitrogens is 1. The van der Waals surface area contributed by atoms with Gasteiger partial charge in [0.25, 0.3) is 5.91 Å². The standard InChI is InChI=1S/C26H24Cl2N2O2/c1-17-3-5-18(6-4-17)16-30(26(31)22-9-7-20(27)13-24(22)28)12-11-19-15-29-25-10-8-21(32-2)14-23(19)25/h3-10,13-15,29H,11-12,16H2,1-2H3. The highest BCUT2D eigenvalue weighted by Crippen LogP contribution is 2.26. The van der Waals surface area contributed by atoms with E-state index in [-0.39, 0.29) is 5.91 Å². The van der Waals surface area contributed by atoms with Crippen molar-refractivity contribution in [2.24, 2.45) is 0 Å². The van der Waals surface area contributed by atoms with Gasteiger partial charge in [0.2, 0.25) is 0 Å². The Morgan fingerprint density at radius 2 is 1.81 bits per heavy atom. The van der Waals surface area contributed by atoms with Crippen LogP contribution in [0.15, 0.2) is 66.9 Å². The Balaban J connectivity index is 1.61. The van der Waals surface area contributed by atoms with Gasteiger partial charge in [0, 0.05) is 35.2 Å². The number of carbonyl (C=O) groups excluding carboxylic acids is 1. The largest absolute Gasteiger partial charge is 0.497 e. The molecule has 0 aliphatic heterocycles. The van der Waals surface area contributed by atoms with Crippen LogP contribution in [0.25, 0.3) is 10.9 Å². The molecular formula is C26H24Cl2N2O2. The van der Waals surface area contributed by atoms with Crippen LogP contribution < -0.4 is 4.74 Å². The molecule has 32 heavy (non-hydrogen) atoms. The zero-order valence-electron chi connectivity index (χ0n) is 18.0. The Morgan fingerprint density at radius 3 is 2.53 bits per heavy atom. The van der Waals surface area contributed by atoms with Crippen molar-refractivity contribution in [1.82, 2.24) is 9.88 Å². The maximum atomic E-state index is 13.4. The summed E-state index contributed by atoms with van der Waals surface area (Å²) in [5.74, 6) is 0.684. The predicted octanol–water partition coefficient (Wildman–Crippen LogP) is 6.68. The third kappa shape index (κ3) is 4.93. The number of hydrogen-bond acceptors (Lipinski definition) is 2. The van der Waals surface area contributed by atoms with Crippen molar-refractivity contribution >= 4 is 40.0 Å². The van der Waals surface area contributed by atoms with E-state index < -0.39 is 0 Å². The molecule has 1 amide bonds. The lowest BCUT2D eigenvalue weighted by Crippen LogP contribution is -2.32. The number of methoxy groups -OCH3 is 1. The van der Waals surface area contributed by atoms with E-state index in [9.17, 15) is 4.79 Å². The monoisotopic (exact) mass is 466 g/mol. The van der Waals surface area contributed by atoms with Crippen LogP contribution in [-0.4, -0.2) is 29.4 Å². The third-order valence-corrected chi connectivity index (χ3v) is 6.12. The van der Waals surface area contributed by atoms with Crippen LogP contribution in [0, 0.1) is 6.92 Å². The minimum Gasteiger partial charge on any atom is -0.497 e. The number of hydrogen-bond donors (Lipinski definition) is 1. The Bertz CT molecular complexity index is 1250. The molecule has 164 valence electrons. The zero-order chi connectivity index (χ0) is 22.7. The molecule has 0 unspecified atom stereocenters. The highest BCUT2D eigenvalue weighted by molar-refractivity contribution is 6.36. The molecule has 3 aromatic carbocycles. The summed E-state index contributed by atoms with van der Waals surface area (Å²) >= 11 is 12.4. The van der Waals surface area contributed by atoms with Crippen LogP contribution in [0.1, 0.15) is 27.0 Å². The van der Waals surface area contributed by atoms with Gasteiger partial charge < -0.3 is 14.6 Å². The van der Waals surface area contributed by atoms with Crippen molar-refractivity contribution in [1.29, 1.82) is 0 Å². The number of benzene rings is 3. The number of carbonyl (C=O) groups is 1. The van der Waals surface area contributed by atoms with Gasteiger partial charge in [-0.15, -0.1) is 0 Å². The summed E-state index contributed by atoms with van der Waals surface area (Å²) in [4.78, 5) is 18.6. The first-order valence-corrected chi connectivity index (χ1v) is 11.1. The first-order chi connectivity index (χ1) is 15.4. The first kappa shape index (κ1) is 22.3. The molecule has 4 nitrogen and oxygen atoms in total. The van der Waals surface area contributed by atoms with Crippen LogP contribution in [0.3, 0.4) is 0 Å². The molecule has 0 radical (unpaired) electrons. The molecule has 0 saturated carbocycles. The van der Waals surface area contributed by atoms with Crippen molar-refractivity contribution in [2.75, 3.05) is 13.7 Å². The van der Waals surface area contributed by atoms with E-state index in [2.05, 4.69) is 29.2 Å². The highest BCUT2D eigenvalue weighted by atomic mass is 35.5. The summed E-state index contributed by atoms with van der Waals surface area (Å²) in [6.07, 6.45) is 2.68. The fourth-order valence-corrected chi connectivity index (χ4v) is 4.24. The molecule has 6 heteroatoms. The van der Waals surface area contributed by atoms with Gasteiger partial charge in [-0.25, -0.2) is 0 Å². The smallest absolute Gasteiger partial charge is 0.255 e. The van der Waals surface area contributed by atoms with Crippen LogP contribution in [-0.2, 0) is 13.0 Å². The number of ether oxygens (including phenoxy) is 1. The third-order valence-electron chi connectivity index (χ3n) is 5.57. The molecule has 0 aliphatic rings. The summed E-state index contributed by atoms with van der Waals surface area (Å²) < 4.78 is 5.38. The van der Waals surface area contributed by atoms with Crippen molar-refractivity contribution < 1.29 is 9.53 Å². The Morgan fingerprint density at radius 1 is 1.03 bits per heavy atom. The van der Waals surface area contributed by atoms with E-state index in [4.69, 9.17) is 27.9 Å². The minimum absolute atomic E-state index is 0.121. The summed E-state index contributed by atoms with van der Waals surface area (Å²) in [6, 6.07) is 19.1. The molecule has 1 aromatic heterocycles. The lowest BCUT2D eigenvalue weighted by atomic mass is 10.1. The predicted molar refractivity (Wildman–Crippen MR) is 131 cm³/mol. The summed E-state index contributed by atoms with van der Waals surface area (Å²) in [7, 11) is 1.66. The zero-order valence-corrected chi connectivity index (χ0v) is 19.5. The number of halogens is 2. The maximum Gasteiger partial charge on any atom is 0.255 e. The number of H-pyrrole nitrogens is 1. The number of aromatic amines is 1. The molecule has 1 N–H and O–H groups in total. The number of fused-ring (bicyclic) bond motifs is 1. The van der Waals surface area contributed by atoms with Gasteiger partial charge in [0.1, 0.15) is 5.75 Å². The van der Waals surface area contributed by atoms with Gasteiger partial charge >= 0.3 is 0 Å². The van der Waals surface area contributed by atoms with E-state index in [1.54, 1.807) is 25.3 Å². The number of aryl methyl sites for hydroxylation is 1. The normalized spacial score (nSPS) is 11.0. The fourth-order valence-electron chi connectivity index (χ4n) is 3.75. The topological polar surface area (TPSA) is 45.3 Å². The van der Waals surface area contributed by atoms with Crippen molar-refractivity contribution in [3.63, 3.8) is 0 Å². The van der Waals surface area contributed by atoms with Gasteiger partial charge in [-0.05, 0) is 60.9 Å². The molecule has 0 spiro atoms. The van der Waals surface area contributed by atoms with Crippen LogP contribution >= 0.6 is 23.2 Å². The van der Waals surface area contributed by atoms with E-state index >= 15 is 0 Å². The molecule has 1 heterocycles. The summed E-state index contributed by atoms with van der Waals surface area (Å²) in [5.41, 5.74) is 4.86. The number of amides is 1. The Hall–Kier alpha value is -2.95. The second kappa shape index (κ2) is 9.68. The maximum absolute atomic E-state index is 13.4. The van der Waals surface area contributed by atoms with E-state index in [0.29, 0.717) is 35.1 Å². The van der Waals surface area contributed by atoms with Gasteiger partial charge in [0.15, 0.2) is 0 Å². The lowest BCUT2D eigenvalue weighted by molar-refractivity contribution is 0.0745. The molecule has 4 rings (SSSR count). The van der Waals surface area contributed by atoms with Crippen molar-refractivity contribution in [3.8, 4) is 5.75 Å². The number of rotatable bonds is 7. The van der Waals surface area contributed by atoms with Crippen LogP contribution in [0.2, 0.25) is 10.0 Å². The minimum atomic E-state index is -0.121. The van der Waals surface area contributed by atoms with Gasteiger partial charge in [-0.3, -0.25) is 4.79 Å². The second-order valence-corrected chi connectivity index (χ2v) is 8.66. The molecule has 0 fully saturated rings.